The number of aliphatic imine (C=N–C) groups is 1. The summed E-state index contributed by atoms with van der Waals surface area (Å²) in [6, 6.07) is 3.60. The van der Waals surface area contributed by atoms with Crippen molar-refractivity contribution in [3.63, 3.8) is 0 Å². The normalized spacial score (nSPS) is 18.4. The van der Waals surface area contributed by atoms with E-state index in [1.807, 2.05) is 6.07 Å². The van der Waals surface area contributed by atoms with E-state index in [1.165, 1.54) is 0 Å². The first-order valence-corrected chi connectivity index (χ1v) is 5.57. The van der Waals surface area contributed by atoms with Crippen LogP contribution in [0.15, 0.2) is 23.3 Å². The lowest BCUT2D eigenvalue weighted by Gasteiger charge is -2.33. The Hall–Kier alpha value is -1.17. The van der Waals surface area contributed by atoms with E-state index in [1.54, 1.807) is 26.5 Å². The summed E-state index contributed by atoms with van der Waals surface area (Å²) >= 11 is 5.73. The standard InChI is InChI=1S/C11H14ClN3O2/c1-16-11(17-2)6-14-10(15-7-11)8-3-4-9(12)13-5-8/h3-5H,6-7H2,1-2H3,(H,14,15). The van der Waals surface area contributed by atoms with Gasteiger partial charge in [-0.05, 0) is 12.1 Å². The van der Waals surface area contributed by atoms with E-state index in [-0.39, 0.29) is 0 Å². The molecule has 0 spiro atoms. The van der Waals surface area contributed by atoms with Crippen molar-refractivity contribution >= 4 is 17.4 Å². The van der Waals surface area contributed by atoms with Gasteiger partial charge in [-0.2, -0.15) is 0 Å². The summed E-state index contributed by atoms with van der Waals surface area (Å²) in [5.74, 6) is 0.0995. The van der Waals surface area contributed by atoms with Crippen molar-refractivity contribution in [1.82, 2.24) is 10.3 Å². The van der Waals surface area contributed by atoms with Gasteiger partial charge in [0.25, 0.3) is 0 Å². The quantitative estimate of drug-likeness (QED) is 0.649. The molecule has 0 aliphatic carbocycles. The molecule has 92 valence electrons. The van der Waals surface area contributed by atoms with Gasteiger partial charge in [0.05, 0.1) is 13.1 Å². The molecule has 0 fully saturated rings. The Morgan fingerprint density at radius 3 is 2.59 bits per heavy atom. The van der Waals surface area contributed by atoms with Crippen molar-refractivity contribution in [2.45, 2.75) is 5.79 Å². The van der Waals surface area contributed by atoms with E-state index in [9.17, 15) is 0 Å². The van der Waals surface area contributed by atoms with Crippen molar-refractivity contribution in [3.8, 4) is 0 Å². The van der Waals surface area contributed by atoms with Crippen LogP contribution in [0.2, 0.25) is 5.15 Å². The van der Waals surface area contributed by atoms with Crippen LogP contribution in [0.1, 0.15) is 5.56 Å². The fraction of sp³-hybridized carbons (Fsp3) is 0.455. The van der Waals surface area contributed by atoms with Crippen LogP contribution in [-0.4, -0.2) is 43.9 Å². The second kappa shape index (κ2) is 5.00. The van der Waals surface area contributed by atoms with Gasteiger partial charge in [0.2, 0.25) is 5.79 Å². The van der Waals surface area contributed by atoms with E-state index in [0.717, 1.165) is 11.4 Å². The molecule has 0 atom stereocenters. The number of aromatic nitrogens is 1. The van der Waals surface area contributed by atoms with Crippen molar-refractivity contribution in [2.75, 3.05) is 27.3 Å². The Labute approximate surface area is 105 Å². The topological polar surface area (TPSA) is 55.7 Å². The van der Waals surface area contributed by atoms with E-state index in [2.05, 4.69) is 15.3 Å². The van der Waals surface area contributed by atoms with Crippen LogP contribution in [0.25, 0.3) is 0 Å². The molecule has 1 N–H and O–H groups in total. The van der Waals surface area contributed by atoms with E-state index in [0.29, 0.717) is 18.2 Å². The SMILES string of the molecule is COC1(OC)CN=C(c2ccc(Cl)nc2)NC1. The number of nitrogens with zero attached hydrogens (tertiary/aromatic N) is 2. The van der Waals surface area contributed by atoms with Crippen molar-refractivity contribution in [1.29, 1.82) is 0 Å². The van der Waals surface area contributed by atoms with Crippen LogP contribution < -0.4 is 5.32 Å². The summed E-state index contributed by atoms with van der Waals surface area (Å²) in [6.45, 7) is 0.992. The van der Waals surface area contributed by atoms with Gasteiger partial charge in [-0.15, -0.1) is 0 Å². The lowest BCUT2D eigenvalue weighted by atomic mass is 10.2. The smallest absolute Gasteiger partial charge is 0.205 e. The minimum Gasteiger partial charge on any atom is -0.364 e. The van der Waals surface area contributed by atoms with Gasteiger partial charge >= 0.3 is 0 Å². The predicted molar refractivity (Wildman–Crippen MR) is 65.4 cm³/mol. The van der Waals surface area contributed by atoms with E-state index in [4.69, 9.17) is 21.1 Å². The molecule has 0 saturated carbocycles. The Balaban J connectivity index is 2.15. The molecule has 5 nitrogen and oxygen atoms in total. The number of halogens is 1. The van der Waals surface area contributed by atoms with Gasteiger partial charge in [-0.3, -0.25) is 4.99 Å². The number of pyridine rings is 1. The molecule has 0 amide bonds. The first-order valence-electron chi connectivity index (χ1n) is 5.20. The molecule has 17 heavy (non-hydrogen) atoms. The number of rotatable bonds is 3. The number of methoxy groups -OCH3 is 2. The highest BCUT2D eigenvalue weighted by Gasteiger charge is 2.33. The number of hydrogen-bond acceptors (Lipinski definition) is 5. The third kappa shape index (κ3) is 2.57. The highest BCUT2D eigenvalue weighted by atomic mass is 35.5. The van der Waals surface area contributed by atoms with Crippen LogP contribution in [0, 0.1) is 0 Å². The predicted octanol–water partition coefficient (Wildman–Crippen LogP) is 1.07. The zero-order valence-electron chi connectivity index (χ0n) is 9.74. The molecule has 0 saturated heterocycles. The van der Waals surface area contributed by atoms with Gasteiger partial charge < -0.3 is 14.8 Å². The van der Waals surface area contributed by atoms with Gasteiger partial charge in [-0.1, -0.05) is 11.6 Å². The summed E-state index contributed by atoms with van der Waals surface area (Å²) in [5, 5.41) is 3.63. The molecule has 0 aromatic carbocycles. The second-order valence-corrected chi connectivity index (χ2v) is 4.09. The Bertz CT molecular complexity index is 415. The molecule has 0 radical (unpaired) electrons. The van der Waals surface area contributed by atoms with Crippen LogP contribution in [-0.2, 0) is 9.47 Å². The zero-order valence-corrected chi connectivity index (χ0v) is 10.5. The van der Waals surface area contributed by atoms with E-state index < -0.39 is 5.79 Å². The summed E-state index contributed by atoms with van der Waals surface area (Å²) in [6.07, 6.45) is 1.68. The minimum atomic E-state index is -0.677. The largest absolute Gasteiger partial charge is 0.364 e. The molecule has 0 bridgehead atoms. The molecule has 2 rings (SSSR count). The Morgan fingerprint density at radius 2 is 2.12 bits per heavy atom. The minimum absolute atomic E-state index is 0.449. The molecule has 1 aromatic heterocycles. The Morgan fingerprint density at radius 1 is 1.35 bits per heavy atom. The first-order chi connectivity index (χ1) is 8.19. The van der Waals surface area contributed by atoms with Crippen molar-refractivity contribution < 1.29 is 9.47 Å². The molecule has 0 unspecified atom stereocenters. The molecule has 6 heteroatoms. The third-order valence-corrected chi connectivity index (χ3v) is 2.97. The molecular formula is C11H14ClN3O2. The number of nitrogens with one attached hydrogen (secondary N) is 1. The third-order valence-electron chi connectivity index (χ3n) is 2.75. The Kier molecular flexibility index (Phi) is 3.61. The molecule has 1 aromatic rings. The van der Waals surface area contributed by atoms with Crippen molar-refractivity contribution in [3.05, 3.63) is 29.0 Å². The van der Waals surface area contributed by atoms with Crippen LogP contribution in [0.4, 0.5) is 0 Å². The van der Waals surface area contributed by atoms with Gasteiger partial charge in [-0.25, -0.2) is 4.98 Å². The maximum atomic E-state index is 5.73. The summed E-state index contributed by atoms with van der Waals surface area (Å²) < 4.78 is 10.6. The highest BCUT2D eigenvalue weighted by molar-refractivity contribution is 6.29. The molecule has 2 heterocycles. The first kappa shape index (κ1) is 12.3. The van der Waals surface area contributed by atoms with Gasteiger partial charge in [0.1, 0.15) is 11.0 Å². The summed E-state index contributed by atoms with van der Waals surface area (Å²) in [7, 11) is 3.21. The van der Waals surface area contributed by atoms with Gasteiger partial charge in [0.15, 0.2) is 0 Å². The van der Waals surface area contributed by atoms with Crippen LogP contribution >= 0.6 is 11.6 Å². The van der Waals surface area contributed by atoms with Gasteiger partial charge in [0, 0.05) is 26.0 Å². The molecule has 1 aliphatic heterocycles. The van der Waals surface area contributed by atoms with Crippen molar-refractivity contribution in [2.24, 2.45) is 4.99 Å². The maximum absolute atomic E-state index is 5.73. The van der Waals surface area contributed by atoms with Crippen LogP contribution in [0.3, 0.4) is 0 Å². The number of hydrogen-bond donors (Lipinski definition) is 1. The lowest BCUT2D eigenvalue weighted by molar-refractivity contribution is -0.195. The maximum Gasteiger partial charge on any atom is 0.205 e. The molecular weight excluding hydrogens is 242 g/mol. The monoisotopic (exact) mass is 255 g/mol. The van der Waals surface area contributed by atoms with Crippen LogP contribution in [0.5, 0.6) is 0 Å². The second-order valence-electron chi connectivity index (χ2n) is 3.71. The van der Waals surface area contributed by atoms with E-state index >= 15 is 0 Å². The fourth-order valence-corrected chi connectivity index (χ4v) is 1.71. The average Bonchev–Trinajstić information content (AvgIpc) is 2.40. The lowest BCUT2D eigenvalue weighted by Crippen LogP contribution is -2.52. The fourth-order valence-electron chi connectivity index (χ4n) is 1.60. The summed E-state index contributed by atoms with van der Waals surface area (Å²) in [5.41, 5.74) is 0.898. The summed E-state index contributed by atoms with van der Waals surface area (Å²) in [4.78, 5) is 8.41. The zero-order chi connectivity index (χ0) is 12.3. The number of amidine groups is 1. The average molecular weight is 256 g/mol. The highest BCUT2D eigenvalue weighted by Crippen LogP contribution is 2.16. The molecule has 1 aliphatic rings. The number of ether oxygens (including phenoxy) is 2.